The summed E-state index contributed by atoms with van der Waals surface area (Å²) >= 11 is 0. The summed E-state index contributed by atoms with van der Waals surface area (Å²) in [5.41, 5.74) is 6.77. The minimum Gasteiger partial charge on any atom is -0.384 e. The van der Waals surface area contributed by atoms with Crippen LogP contribution in [0.4, 0.5) is 5.82 Å². The first-order valence-corrected chi connectivity index (χ1v) is 5.78. The molecule has 0 bridgehead atoms. The van der Waals surface area contributed by atoms with Crippen LogP contribution in [0, 0.1) is 0 Å². The fourth-order valence-electron chi connectivity index (χ4n) is 2.01. The van der Waals surface area contributed by atoms with Crippen molar-refractivity contribution < 1.29 is 4.74 Å². The number of ether oxygens (including phenoxy) is 1. The SMILES string of the molecule is CC1CN(Cc2ccc(N)nc2)CCCO1. The fraction of sp³-hybridized carbons (Fsp3) is 0.583. The maximum absolute atomic E-state index is 5.61. The fourth-order valence-corrected chi connectivity index (χ4v) is 2.01. The molecule has 0 spiro atoms. The van der Waals surface area contributed by atoms with E-state index in [0.29, 0.717) is 11.9 Å². The van der Waals surface area contributed by atoms with Gasteiger partial charge in [-0.15, -0.1) is 0 Å². The maximum atomic E-state index is 5.61. The van der Waals surface area contributed by atoms with E-state index in [1.807, 2.05) is 18.3 Å². The van der Waals surface area contributed by atoms with Gasteiger partial charge in [0.25, 0.3) is 0 Å². The molecule has 4 heteroatoms. The molecule has 16 heavy (non-hydrogen) atoms. The molecule has 1 aliphatic rings. The maximum Gasteiger partial charge on any atom is 0.123 e. The summed E-state index contributed by atoms with van der Waals surface area (Å²) in [6.07, 6.45) is 3.28. The molecule has 2 N–H and O–H groups in total. The minimum absolute atomic E-state index is 0.323. The highest BCUT2D eigenvalue weighted by Crippen LogP contribution is 2.10. The van der Waals surface area contributed by atoms with Crippen LogP contribution < -0.4 is 5.73 Å². The van der Waals surface area contributed by atoms with Crippen molar-refractivity contribution in [3.8, 4) is 0 Å². The van der Waals surface area contributed by atoms with E-state index in [0.717, 1.165) is 32.7 Å². The lowest BCUT2D eigenvalue weighted by Crippen LogP contribution is -2.29. The molecule has 1 aromatic rings. The highest BCUT2D eigenvalue weighted by molar-refractivity contribution is 5.29. The average molecular weight is 221 g/mol. The predicted octanol–water partition coefficient (Wildman–Crippen LogP) is 1.27. The highest BCUT2D eigenvalue weighted by atomic mass is 16.5. The van der Waals surface area contributed by atoms with Gasteiger partial charge in [-0.3, -0.25) is 4.90 Å². The van der Waals surface area contributed by atoms with Crippen LogP contribution in [-0.2, 0) is 11.3 Å². The number of nitrogens with zero attached hydrogens (tertiary/aromatic N) is 2. The molecule has 1 saturated heterocycles. The summed E-state index contributed by atoms with van der Waals surface area (Å²) < 4.78 is 5.61. The van der Waals surface area contributed by atoms with Gasteiger partial charge in [0.2, 0.25) is 0 Å². The summed E-state index contributed by atoms with van der Waals surface area (Å²) in [6.45, 7) is 6.01. The van der Waals surface area contributed by atoms with Crippen LogP contribution in [0.5, 0.6) is 0 Å². The molecular weight excluding hydrogens is 202 g/mol. The number of hydrogen-bond donors (Lipinski definition) is 1. The molecule has 1 aromatic heterocycles. The highest BCUT2D eigenvalue weighted by Gasteiger charge is 2.14. The largest absolute Gasteiger partial charge is 0.384 e. The third kappa shape index (κ3) is 3.18. The Morgan fingerprint density at radius 1 is 1.56 bits per heavy atom. The number of nitrogen functional groups attached to an aromatic ring is 1. The summed E-state index contributed by atoms with van der Waals surface area (Å²) in [4.78, 5) is 6.51. The van der Waals surface area contributed by atoms with Crippen molar-refractivity contribution in [2.24, 2.45) is 0 Å². The van der Waals surface area contributed by atoms with E-state index in [9.17, 15) is 0 Å². The molecule has 1 atom stereocenters. The normalized spacial score (nSPS) is 22.9. The summed E-state index contributed by atoms with van der Waals surface area (Å²) in [5.74, 6) is 0.580. The number of aromatic nitrogens is 1. The van der Waals surface area contributed by atoms with Gasteiger partial charge in [0.05, 0.1) is 6.10 Å². The van der Waals surface area contributed by atoms with Gasteiger partial charge in [0, 0.05) is 32.4 Å². The topological polar surface area (TPSA) is 51.4 Å². The van der Waals surface area contributed by atoms with E-state index >= 15 is 0 Å². The number of pyridine rings is 1. The molecule has 1 aliphatic heterocycles. The van der Waals surface area contributed by atoms with Gasteiger partial charge < -0.3 is 10.5 Å². The second-order valence-electron chi connectivity index (χ2n) is 4.36. The van der Waals surface area contributed by atoms with Crippen molar-refractivity contribution in [2.75, 3.05) is 25.4 Å². The quantitative estimate of drug-likeness (QED) is 0.817. The van der Waals surface area contributed by atoms with E-state index in [-0.39, 0.29) is 0 Å². The smallest absolute Gasteiger partial charge is 0.123 e. The molecule has 1 fully saturated rings. The van der Waals surface area contributed by atoms with Gasteiger partial charge >= 0.3 is 0 Å². The lowest BCUT2D eigenvalue weighted by Gasteiger charge is -2.21. The molecule has 0 amide bonds. The zero-order valence-corrected chi connectivity index (χ0v) is 9.72. The Morgan fingerprint density at radius 3 is 3.19 bits per heavy atom. The second kappa shape index (κ2) is 5.27. The van der Waals surface area contributed by atoms with E-state index in [1.54, 1.807) is 0 Å². The Balaban J connectivity index is 1.95. The van der Waals surface area contributed by atoms with Crippen LogP contribution >= 0.6 is 0 Å². The van der Waals surface area contributed by atoms with Crippen molar-refractivity contribution in [2.45, 2.75) is 26.0 Å². The van der Waals surface area contributed by atoms with Gasteiger partial charge in [-0.25, -0.2) is 4.98 Å². The zero-order chi connectivity index (χ0) is 11.4. The van der Waals surface area contributed by atoms with Crippen molar-refractivity contribution in [3.63, 3.8) is 0 Å². The number of hydrogen-bond acceptors (Lipinski definition) is 4. The van der Waals surface area contributed by atoms with Gasteiger partial charge in [0.15, 0.2) is 0 Å². The van der Waals surface area contributed by atoms with Crippen LogP contribution in [0.15, 0.2) is 18.3 Å². The van der Waals surface area contributed by atoms with Crippen LogP contribution in [0.3, 0.4) is 0 Å². The predicted molar refractivity (Wildman–Crippen MR) is 64.0 cm³/mol. The molecular formula is C12H19N3O. The second-order valence-corrected chi connectivity index (χ2v) is 4.36. The summed E-state index contributed by atoms with van der Waals surface area (Å²) in [7, 11) is 0. The van der Waals surface area contributed by atoms with E-state index < -0.39 is 0 Å². The first-order valence-electron chi connectivity index (χ1n) is 5.78. The third-order valence-electron chi connectivity index (χ3n) is 2.79. The van der Waals surface area contributed by atoms with Crippen LogP contribution in [0.1, 0.15) is 18.9 Å². The Morgan fingerprint density at radius 2 is 2.44 bits per heavy atom. The lowest BCUT2D eigenvalue weighted by atomic mass is 10.2. The van der Waals surface area contributed by atoms with Crippen molar-refractivity contribution in [3.05, 3.63) is 23.9 Å². The van der Waals surface area contributed by atoms with Gasteiger partial charge in [-0.2, -0.15) is 0 Å². The monoisotopic (exact) mass is 221 g/mol. The molecule has 1 unspecified atom stereocenters. The van der Waals surface area contributed by atoms with Gasteiger partial charge in [0.1, 0.15) is 5.82 Å². The molecule has 0 aliphatic carbocycles. The van der Waals surface area contributed by atoms with E-state index in [2.05, 4.69) is 16.8 Å². The summed E-state index contributed by atoms with van der Waals surface area (Å²) in [5, 5.41) is 0. The first-order chi connectivity index (χ1) is 7.74. The Hall–Kier alpha value is -1.13. The van der Waals surface area contributed by atoms with Crippen LogP contribution in [0.25, 0.3) is 0 Å². The Bertz CT molecular complexity index is 326. The number of nitrogens with two attached hydrogens (primary N) is 1. The van der Waals surface area contributed by atoms with Crippen molar-refractivity contribution >= 4 is 5.82 Å². The van der Waals surface area contributed by atoms with Gasteiger partial charge in [-0.1, -0.05) is 6.07 Å². The summed E-state index contributed by atoms with van der Waals surface area (Å²) in [6, 6.07) is 3.89. The standard InChI is InChI=1S/C12H19N3O/c1-10-8-15(5-2-6-16-10)9-11-3-4-12(13)14-7-11/h3-4,7,10H,2,5-6,8-9H2,1H3,(H2,13,14). The molecule has 0 aromatic carbocycles. The molecule has 2 rings (SSSR count). The molecule has 88 valence electrons. The van der Waals surface area contributed by atoms with E-state index in [1.165, 1.54) is 5.56 Å². The number of anilines is 1. The molecule has 0 radical (unpaired) electrons. The Labute approximate surface area is 96.4 Å². The van der Waals surface area contributed by atoms with E-state index in [4.69, 9.17) is 10.5 Å². The molecule has 4 nitrogen and oxygen atoms in total. The lowest BCUT2D eigenvalue weighted by molar-refractivity contribution is 0.0668. The van der Waals surface area contributed by atoms with Crippen molar-refractivity contribution in [1.82, 2.24) is 9.88 Å². The zero-order valence-electron chi connectivity index (χ0n) is 9.72. The van der Waals surface area contributed by atoms with Crippen LogP contribution in [-0.4, -0.2) is 35.7 Å². The molecule has 0 saturated carbocycles. The minimum atomic E-state index is 0.323. The number of rotatable bonds is 2. The van der Waals surface area contributed by atoms with Crippen molar-refractivity contribution in [1.29, 1.82) is 0 Å². The Kier molecular flexibility index (Phi) is 3.74. The van der Waals surface area contributed by atoms with Crippen LogP contribution in [0.2, 0.25) is 0 Å². The third-order valence-corrected chi connectivity index (χ3v) is 2.79. The first kappa shape index (κ1) is 11.4. The van der Waals surface area contributed by atoms with Gasteiger partial charge in [-0.05, 0) is 25.0 Å². The average Bonchev–Trinajstić information content (AvgIpc) is 2.46. The molecule has 2 heterocycles.